The number of pyridine rings is 1. The lowest BCUT2D eigenvalue weighted by atomic mass is 10.1. The Hall–Kier alpha value is -3.09. The van der Waals surface area contributed by atoms with Crippen molar-refractivity contribution in [3.8, 4) is 5.69 Å². The van der Waals surface area contributed by atoms with E-state index in [-0.39, 0.29) is 11.7 Å². The molecule has 1 N–H and O–H groups in total. The molecule has 0 fully saturated rings. The number of rotatable bonds is 6. The van der Waals surface area contributed by atoms with Crippen LogP contribution in [0.25, 0.3) is 5.69 Å². The summed E-state index contributed by atoms with van der Waals surface area (Å²) in [5, 5.41) is 10.9. The maximum absolute atomic E-state index is 13.2. The Balaban J connectivity index is 1.49. The van der Waals surface area contributed by atoms with Crippen LogP contribution in [0.15, 0.2) is 48.9 Å². The first kappa shape index (κ1) is 16.8. The summed E-state index contributed by atoms with van der Waals surface area (Å²) in [5.41, 5.74) is 3.00. The molecule has 0 aliphatic carbocycles. The molecule has 0 radical (unpaired) electrons. The lowest BCUT2D eigenvalue weighted by Crippen LogP contribution is -2.23. The summed E-state index contributed by atoms with van der Waals surface area (Å²) in [6.07, 6.45) is 6.02. The first-order chi connectivity index (χ1) is 12.1. The zero-order valence-corrected chi connectivity index (χ0v) is 13.8. The quantitative estimate of drug-likeness (QED) is 0.748. The summed E-state index contributed by atoms with van der Waals surface area (Å²) in [6.45, 7) is 2.02. The normalized spacial score (nSPS) is 10.6. The fourth-order valence-electron chi connectivity index (χ4n) is 2.39. The molecule has 0 aliphatic heterocycles. The molecular weight excluding hydrogens is 321 g/mol. The molecule has 7 heteroatoms. The average Bonchev–Trinajstić information content (AvgIpc) is 3.11. The van der Waals surface area contributed by atoms with Crippen molar-refractivity contribution in [1.82, 2.24) is 25.3 Å². The third-order valence-corrected chi connectivity index (χ3v) is 3.78. The largest absolute Gasteiger partial charge is 0.350 e. The Morgan fingerprint density at radius 3 is 2.96 bits per heavy atom. The van der Waals surface area contributed by atoms with Gasteiger partial charge in [0.05, 0.1) is 24.6 Å². The van der Waals surface area contributed by atoms with Crippen molar-refractivity contribution in [3.05, 3.63) is 71.6 Å². The van der Waals surface area contributed by atoms with Gasteiger partial charge in [0.1, 0.15) is 11.5 Å². The van der Waals surface area contributed by atoms with Gasteiger partial charge in [-0.3, -0.25) is 9.78 Å². The standard InChI is InChI=1S/C18H18FN5O/c1-13-9-14(4-6-17(13)19)5-7-18(25)21-10-15-12-24(23-22-15)16-3-2-8-20-11-16/h2-4,6,8-9,11-12H,5,7,10H2,1H3,(H,21,25). The van der Waals surface area contributed by atoms with Crippen LogP contribution in [0.2, 0.25) is 0 Å². The highest BCUT2D eigenvalue weighted by Crippen LogP contribution is 2.11. The molecule has 0 spiro atoms. The number of hydrogen-bond donors (Lipinski definition) is 1. The number of benzene rings is 1. The van der Waals surface area contributed by atoms with Gasteiger partial charge in [0.25, 0.3) is 0 Å². The number of aromatic nitrogens is 4. The molecule has 128 valence electrons. The molecule has 3 aromatic rings. The van der Waals surface area contributed by atoms with E-state index in [1.54, 1.807) is 42.3 Å². The number of hydrogen-bond acceptors (Lipinski definition) is 4. The van der Waals surface area contributed by atoms with Crippen LogP contribution in [0.1, 0.15) is 23.2 Å². The molecular formula is C18H18FN5O. The van der Waals surface area contributed by atoms with Crippen LogP contribution in [-0.4, -0.2) is 25.9 Å². The van der Waals surface area contributed by atoms with Gasteiger partial charge in [0, 0.05) is 12.6 Å². The van der Waals surface area contributed by atoms with Crippen molar-refractivity contribution in [2.45, 2.75) is 26.3 Å². The van der Waals surface area contributed by atoms with E-state index in [9.17, 15) is 9.18 Å². The highest BCUT2D eigenvalue weighted by atomic mass is 19.1. The number of nitrogens with one attached hydrogen (secondary N) is 1. The monoisotopic (exact) mass is 339 g/mol. The van der Waals surface area contributed by atoms with Crippen molar-refractivity contribution in [1.29, 1.82) is 0 Å². The van der Waals surface area contributed by atoms with Gasteiger partial charge in [0.2, 0.25) is 5.91 Å². The molecule has 0 bridgehead atoms. The van der Waals surface area contributed by atoms with Gasteiger partial charge in [0.15, 0.2) is 0 Å². The number of carbonyl (C=O) groups excluding carboxylic acids is 1. The average molecular weight is 339 g/mol. The van der Waals surface area contributed by atoms with Crippen LogP contribution < -0.4 is 5.32 Å². The second-order valence-electron chi connectivity index (χ2n) is 5.73. The van der Waals surface area contributed by atoms with E-state index >= 15 is 0 Å². The van der Waals surface area contributed by atoms with E-state index < -0.39 is 0 Å². The van der Waals surface area contributed by atoms with E-state index in [0.717, 1.165) is 11.3 Å². The summed E-state index contributed by atoms with van der Waals surface area (Å²) >= 11 is 0. The molecule has 2 heterocycles. The van der Waals surface area contributed by atoms with Gasteiger partial charge in [-0.2, -0.15) is 0 Å². The Labute approximate surface area is 144 Å². The van der Waals surface area contributed by atoms with Crippen molar-refractivity contribution in [2.75, 3.05) is 0 Å². The van der Waals surface area contributed by atoms with Gasteiger partial charge < -0.3 is 5.32 Å². The Bertz CT molecular complexity index is 863. The minimum Gasteiger partial charge on any atom is -0.350 e. The predicted octanol–water partition coefficient (Wildman–Crippen LogP) is 2.36. The first-order valence-corrected chi connectivity index (χ1v) is 7.95. The number of aryl methyl sites for hydroxylation is 2. The minimum absolute atomic E-state index is 0.0853. The lowest BCUT2D eigenvalue weighted by molar-refractivity contribution is -0.121. The molecule has 1 amide bonds. The van der Waals surface area contributed by atoms with E-state index in [1.807, 2.05) is 12.1 Å². The van der Waals surface area contributed by atoms with Gasteiger partial charge in [-0.15, -0.1) is 5.10 Å². The molecule has 2 aromatic heterocycles. The van der Waals surface area contributed by atoms with Crippen LogP contribution in [-0.2, 0) is 17.8 Å². The van der Waals surface area contributed by atoms with Crippen LogP contribution in [0, 0.1) is 12.7 Å². The smallest absolute Gasteiger partial charge is 0.220 e. The first-order valence-electron chi connectivity index (χ1n) is 7.95. The number of nitrogens with zero attached hydrogens (tertiary/aromatic N) is 4. The second-order valence-corrected chi connectivity index (χ2v) is 5.73. The van der Waals surface area contributed by atoms with Gasteiger partial charge in [-0.25, -0.2) is 9.07 Å². The summed E-state index contributed by atoms with van der Waals surface area (Å²) < 4.78 is 14.8. The summed E-state index contributed by atoms with van der Waals surface area (Å²) in [7, 11) is 0. The molecule has 0 unspecified atom stereocenters. The summed E-state index contributed by atoms with van der Waals surface area (Å²) in [6, 6.07) is 8.58. The van der Waals surface area contributed by atoms with E-state index in [0.29, 0.717) is 30.6 Å². The fraction of sp³-hybridized carbons (Fsp3) is 0.222. The van der Waals surface area contributed by atoms with Crippen LogP contribution >= 0.6 is 0 Å². The predicted molar refractivity (Wildman–Crippen MR) is 90.5 cm³/mol. The van der Waals surface area contributed by atoms with Crippen LogP contribution in [0.3, 0.4) is 0 Å². The van der Waals surface area contributed by atoms with Gasteiger partial charge in [-0.1, -0.05) is 17.3 Å². The van der Waals surface area contributed by atoms with Crippen LogP contribution in [0.5, 0.6) is 0 Å². The van der Waals surface area contributed by atoms with Crippen molar-refractivity contribution >= 4 is 5.91 Å². The molecule has 25 heavy (non-hydrogen) atoms. The van der Waals surface area contributed by atoms with E-state index in [1.165, 1.54) is 6.07 Å². The molecule has 6 nitrogen and oxygen atoms in total. The highest BCUT2D eigenvalue weighted by molar-refractivity contribution is 5.76. The summed E-state index contributed by atoms with van der Waals surface area (Å²) in [4.78, 5) is 16.0. The van der Waals surface area contributed by atoms with E-state index in [2.05, 4.69) is 20.6 Å². The number of halogens is 1. The Kier molecular flexibility index (Phi) is 5.13. The molecule has 3 rings (SSSR count). The van der Waals surface area contributed by atoms with Crippen molar-refractivity contribution in [2.24, 2.45) is 0 Å². The van der Waals surface area contributed by atoms with E-state index in [4.69, 9.17) is 0 Å². The molecule has 0 saturated carbocycles. The van der Waals surface area contributed by atoms with Crippen molar-refractivity contribution in [3.63, 3.8) is 0 Å². The Morgan fingerprint density at radius 1 is 1.32 bits per heavy atom. The third kappa shape index (κ3) is 4.47. The van der Waals surface area contributed by atoms with Crippen molar-refractivity contribution < 1.29 is 9.18 Å². The molecule has 1 aromatic carbocycles. The maximum Gasteiger partial charge on any atom is 0.220 e. The number of carbonyl (C=O) groups is 1. The van der Waals surface area contributed by atoms with Gasteiger partial charge >= 0.3 is 0 Å². The zero-order chi connectivity index (χ0) is 17.6. The molecule has 0 atom stereocenters. The lowest BCUT2D eigenvalue weighted by Gasteiger charge is -2.05. The second kappa shape index (κ2) is 7.65. The fourth-order valence-corrected chi connectivity index (χ4v) is 2.39. The third-order valence-electron chi connectivity index (χ3n) is 3.78. The number of amides is 1. The zero-order valence-electron chi connectivity index (χ0n) is 13.8. The minimum atomic E-state index is -0.232. The molecule has 0 saturated heterocycles. The SMILES string of the molecule is Cc1cc(CCC(=O)NCc2cn(-c3cccnc3)nn2)ccc1F. The Morgan fingerprint density at radius 2 is 2.20 bits per heavy atom. The van der Waals surface area contributed by atoms with Gasteiger partial charge in [-0.05, 0) is 42.7 Å². The topological polar surface area (TPSA) is 72.7 Å². The van der Waals surface area contributed by atoms with Crippen LogP contribution in [0.4, 0.5) is 4.39 Å². The molecule has 0 aliphatic rings. The summed E-state index contributed by atoms with van der Waals surface area (Å²) in [5.74, 6) is -0.317. The maximum atomic E-state index is 13.2. The highest BCUT2D eigenvalue weighted by Gasteiger charge is 2.07.